The second-order valence-corrected chi connectivity index (χ2v) is 24.6. The minimum atomic E-state index is -0.681. The van der Waals surface area contributed by atoms with Crippen molar-refractivity contribution in [2.45, 2.75) is 40.8 Å². The van der Waals surface area contributed by atoms with E-state index in [1.165, 1.54) is 64.9 Å². The van der Waals surface area contributed by atoms with Crippen LogP contribution in [0.3, 0.4) is 0 Å². The zero-order valence-corrected chi connectivity index (χ0v) is 57.9. The van der Waals surface area contributed by atoms with Crippen LogP contribution in [0.1, 0.15) is 101 Å². The average Bonchev–Trinajstić information content (AvgIpc) is 1.59. The Kier molecular flexibility index (Phi) is 24.0. The lowest BCUT2D eigenvalue weighted by Gasteiger charge is -2.09. The zero-order valence-electron chi connectivity index (χ0n) is 53.9. The Hall–Kier alpha value is -12.1. The van der Waals surface area contributed by atoms with Crippen LogP contribution < -0.4 is 39.7 Å². The van der Waals surface area contributed by atoms with Gasteiger partial charge in [0.25, 0.3) is 11.8 Å². The topological polar surface area (TPSA) is 400 Å². The molecule has 0 atom stereocenters. The van der Waals surface area contributed by atoms with Crippen molar-refractivity contribution in [3.63, 3.8) is 0 Å². The highest BCUT2D eigenvalue weighted by Crippen LogP contribution is 2.36. The van der Waals surface area contributed by atoms with Crippen LogP contribution in [0.5, 0.6) is 0 Å². The molecule has 0 fully saturated rings. The van der Waals surface area contributed by atoms with Gasteiger partial charge in [-0.05, 0) is 180 Å². The number of nitrogens with two attached hydrogens (primary N) is 6. The van der Waals surface area contributed by atoms with Crippen molar-refractivity contribution < 1.29 is 42.6 Å². The van der Waals surface area contributed by atoms with Gasteiger partial charge in [-0.25, -0.2) is 37.5 Å². The van der Waals surface area contributed by atoms with Crippen LogP contribution in [0.4, 0.5) is 27.1 Å². The molecule has 0 unspecified atom stereocenters. The monoisotopic (exact) mass is 1460 g/mol. The van der Waals surface area contributed by atoms with E-state index in [1.807, 2.05) is 82.9 Å². The molecule has 7 heterocycles. The molecule has 30 heteroatoms. The number of halogens is 2. The third-order valence-electron chi connectivity index (χ3n) is 14.5. The van der Waals surface area contributed by atoms with Crippen molar-refractivity contribution in [1.29, 1.82) is 10.5 Å². The number of nitrogens with zero attached hydrogens (tertiary/aromatic N) is 10. The fourth-order valence-electron chi connectivity index (χ4n) is 9.65. The molecule has 0 aliphatic carbocycles. The van der Waals surface area contributed by atoms with Gasteiger partial charge in [-0.3, -0.25) is 9.59 Å². The van der Waals surface area contributed by atoms with Gasteiger partial charge < -0.3 is 53.9 Å². The van der Waals surface area contributed by atoms with Gasteiger partial charge in [0.05, 0.1) is 97.5 Å². The molecule has 0 radical (unpaired) electrons. The van der Waals surface area contributed by atoms with Gasteiger partial charge in [-0.15, -0.1) is 34.0 Å². The molecule has 100 heavy (non-hydrogen) atoms. The van der Waals surface area contributed by atoms with Gasteiger partial charge in [0, 0.05) is 18.7 Å². The van der Waals surface area contributed by atoms with E-state index < -0.39 is 29.6 Å². The Morgan fingerprint density at radius 3 is 1.24 bits per heavy atom. The molecule has 0 saturated heterocycles. The number of primary amides is 1. The van der Waals surface area contributed by atoms with Crippen LogP contribution in [0.2, 0.25) is 0 Å². The molecule has 12 rings (SSSR count). The summed E-state index contributed by atoms with van der Waals surface area (Å²) in [5, 5.41) is 44.0. The quantitative estimate of drug-likeness (QED) is 0.0310. The number of nitrogens with one attached hydrogen (secondary N) is 1. The number of rotatable bonds is 18. The normalized spacial score (nSPS) is 10.5. The molecule has 508 valence electrons. The Bertz CT molecular complexity index is 4960. The fourth-order valence-corrected chi connectivity index (χ4v) is 12.2. The molecule has 0 aliphatic rings. The Balaban J connectivity index is 0.000000158. The predicted octanol–water partition coefficient (Wildman–Crippen LogP) is 12.0. The Morgan fingerprint density at radius 1 is 0.520 bits per heavy atom. The molecule has 13 N–H and O–H groups in total. The number of carbonyl (C=O) groups is 5. The van der Waals surface area contributed by atoms with Crippen LogP contribution >= 0.6 is 49.9 Å². The first-order valence-corrected chi connectivity index (χ1v) is 33.7. The molecule has 0 bridgehead atoms. The maximum absolute atomic E-state index is 13.5. The summed E-state index contributed by atoms with van der Waals surface area (Å²) in [6.45, 7) is 8.41. The Morgan fingerprint density at radius 2 is 0.880 bits per heavy atom. The summed E-state index contributed by atoms with van der Waals surface area (Å²) in [4.78, 5) is 63.7. The number of hydrogen-bond acceptors (Lipinski definition) is 22. The SMILES string of the molecule is CCOC(=O)c1c(N)c(-c2cccs2)nn1-c1ccc(C#N)cc1.CCOC(=O)c1c(N)c(-c2cccs2)nn1-c1ccc(CN)cc1.CCOC(=O)c1c(N)c(Br)nn1-c1ccc(C#N)cc1.Cc1ccc(F)cc1C(=O)NCc1ccc(-n2nc(-c3cccs3)c(N)c2C(N)=O)cc1. The van der Waals surface area contributed by atoms with Crippen LogP contribution in [0, 0.1) is 35.4 Å². The molecular formula is C70H63BrFN17O8S3. The predicted molar refractivity (Wildman–Crippen MR) is 386 cm³/mol. The van der Waals surface area contributed by atoms with E-state index in [9.17, 15) is 28.4 Å². The fraction of sp³-hybridized carbons (Fsp3) is 0.129. The summed E-state index contributed by atoms with van der Waals surface area (Å²) in [7, 11) is 0. The summed E-state index contributed by atoms with van der Waals surface area (Å²) in [6.07, 6.45) is 0. The van der Waals surface area contributed by atoms with Gasteiger partial charge in [0.15, 0.2) is 27.4 Å². The summed E-state index contributed by atoms with van der Waals surface area (Å²) < 4.78 is 34.9. The van der Waals surface area contributed by atoms with Crippen LogP contribution in [0.15, 0.2) is 172 Å². The summed E-state index contributed by atoms with van der Waals surface area (Å²) in [5.74, 6) is -3.08. The van der Waals surface area contributed by atoms with Crippen LogP contribution in [-0.2, 0) is 27.3 Å². The first-order chi connectivity index (χ1) is 48.2. The second-order valence-electron chi connectivity index (χ2n) is 21.0. The number of nitrogen functional groups attached to an aromatic ring is 4. The molecule has 0 saturated carbocycles. The number of thiophene rings is 3. The highest BCUT2D eigenvalue weighted by molar-refractivity contribution is 9.10. The van der Waals surface area contributed by atoms with Crippen LogP contribution in [0.25, 0.3) is 54.5 Å². The lowest BCUT2D eigenvalue weighted by molar-refractivity contribution is 0.0507. The van der Waals surface area contributed by atoms with E-state index >= 15 is 0 Å². The maximum atomic E-state index is 13.5. The van der Waals surface area contributed by atoms with Crippen LogP contribution in [-0.4, -0.2) is 88.7 Å². The van der Waals surface area contributed by atoms with Crippen molar-refractivity contribution in [2.75, 3.05) is 42.8 Å². The average molecular weight is 1470 g/mol. The Labute approximate surface area is 592 Å². The number of anilines is 4. The molecule has 7 aromatic heterocycles. The van der Waals surface area contributed by atoms with Crippen molar-refractivity contribution in [2.24, 2.45) is 11.5 Å². The zero-order chi connectivity index (χ0) is 71.7. The number of ether oxygens (including phenoxy) is 3. The molecular weight excluding hydrogens is 1400 g/mol. The molecule has 12 aromatic rings. The van der Waals surface area contributed by atoms with Gasteiger partial charge in [-0.1, -0.05) is 48.5 Å². The lowest BCUT2D eigenvalue weighted by atomic mass is 10.1. The number of benzene rings is 5. The van der Waals surface area contributed by atoms with E-state index in [4.69, 9.17) is 59.1 Å². The van der Waals surface area contributed by atoms with E-state index in [0.29, 0.717) is 73.2 Å². The summed E-state index contributed by atoms with van der Waals surface area (Å²) >= 11 is 7.66. The third kappa shape index (κ3) is 16.5. The number of hydrogen-bond donors (Lipinski definition) is 7. The number of amides is 2. The minimum absolute atomic E-state index is 0.107. The standard InChI is InChI=1S/C23H20FN5O2S.C17H18N4O2S.C17H14N4O2S.C13H11BrN4O2/c1-13-4-7-15(24)11-17(13)23(31)27-12-14-5-8-16(9-6-14)29-21(22(26)30)19(25)20(28-29)18-3-2-10-32-18;2*1-2-23-17(22)16-14(19)15(13-4-3-9-24-13)20-21(16)12-7-5-11(10-18)6-8-12;1-2-20-13(19)11-10(16)12(14)17-18(11)9-5-3-8(7-15)4-6-9/h2-11H,12,25H2,1H3,(H2,26,30)(H,27,31);3-9H,2,10,18-19H2,1H3;3-9H,2,19H2,1H3;3-6H,2,16H2,1H3. The smallest absolute Gasteiger partial charge is 0.359 e. The number of esters is 3. The van der Waals surface area contributed by atoms with E-state index in [0.717, 1.165) is 31.4 Å². The summed E-state index contributed by atoms with van der Waals surface area (Å²) in [6, 6.07) is 47.5. The van der Waals surface area contributed by atoms with Crippen molar-refractivity contribution >= 4 is 102 Å². The van der Waals surface area contributed by atoms with Gasteiger partial charge in [0.2, 0.25) is 0 Å². The largest absolute Gasteiger partial charge is 0.461 e. The minimum Gasteiger partial charge on any atom is -0.461 e. The highest BCUT2D eigenvalue weighted by atomic mass is 79.9. The van der Waals surface area contributed by atoms with E-state index in [1.54, 1.807) is 107 Å². The summed E-state index contributed by atoms with van der Waals surface area (Å²) in [5.41, 5.74) is 45.4. The van der Waals surface area contributed by atoms with Gasteiger partial charge >= 0.3 is 17.9 Å². The third-order valence-corrected chi connectivity index (χ3v) is 17.7. The van der Waals surface area contributed by atoms with Gasteiger partial charge in [0.1, 0.15) is 28.6 Å². The van der Waals surface area contributed by atoms with Crippen molar-refractivity contribution in [3.05, 3.63) is 234 Å². The number of aromatic nitrogens is 8. The first kappa shape index (κ1) is 72.2. The molecule has 2 amide bonds. The second kappa shape index (κ2) is 33.3. The highest BCUT2D eigenvalue weighted by Gasteiger charge is 2.28. The van der Waals surface area contributed by atoms with Crippen molar-refractivity contribution in [1.82, 2.24) is 44.4 Å². The number of nitriles is 2. The maximum Gasteiger partial charge on any atom is 0.359 e. The molecule has 5 aromatic carbocycles. The van der Waals surface area contributed by atoms with Crippen molar-refractivity contribution in [3.8, 4) is 66.6 Å². The number of carbonyl (C=O) groups excluding carboxylic acids is 5. The molecule has 0 aliphatic heterocycles. The molecule has 25 nitrogen and oxygen atoms in total. The first-order valence-electron chi connectivity index (χ1n) is 30.3. The molecule has 0 spiro atoms. The number of aryl methyl sites for hydroxylation is 1. The van der Waals surface area contributed by atoms with E-state index in [2.05, 4.69) is 47.7 Å². The van der Waals surface area contributed by atoms with E-state index in [-0.39, 0.29) is 72.1 Å². The lowest BCUT2D eigenvalue weighted by Crippen LogP contribution is -2.23. The van der Waals surface area contributed by atoms with Gasteiger partial charge in [-0.2, -0.15) is 30.9 Å².